The van der Waals surface area contributed by atoms with Crippen molar-refractivity contribution in [3.05, 3.63) is 95.4 Å². The van der Waals surface area contributed by atoms with E-state index in [0.29, 0.717) is 24.2 Å². The Labute approximate surface area is 183 Å². The van der Waals surface area contributed by atoms with Crippen molar-refractivity contribution in [3.8, 4) is 0 Å². The molecule has 162 valence electrons. The predicted molar refractivity (Wildman–Crippen MR) is 117 cm³/mol. The van der Waals surface area contributed by atoms with E-state index in [1.165, 1.54) is 17.4 Å². The number of rotatable bonds is 12. The van der Waals surface area contributed by atoms with Crippen molar-refractivity contribution in [2.75, 3.05) is 0 Å². The van der Waals surface area contributed by atoms with Crippen molar-refractivity contribution in [1.29, 1.82) is 0 Å². The molecule has 0 aliphatic carbocycles. The van der Waals surface area contributed by atoms with Crippen LogP contribution in [0.25, 0.3) is 0 Å². The highest BCUT2D eigenvalue weighted by molar-refractivity contribution is 5.69. The Hall–Kier alpha value is -3.34. The van der Waals surface area contributed by atoms with Gasteiger partial charge < -0.3 is 13.9 Å². The third-order valence-electron chi connectivity index (χ3n) is 4.97. The predicted octanol–water partition coefficient (Wildman–Crippen LogP) is 5.41. The van der Waals surface area contributed by atoms with Crippen molar-refractivity contribution in [1.82, 2.24) is 0 Å². The minimum atomic E-state index is -0.267. The van der Waals surface area contributed by atoms with Gasteiger partial charge in [-0.25, -0.2) is 0 Å². The number of aryl methyl sites for hydroxylation is 2. The molecule has 0 N–H and O–H groups in total. The average molecular weight is 421 g/mol. The smallest absolute Gasteiger partial charge is 0.306 e. The van der Waals surface area contributed by atoms with Crippen LogP contribution in [0.3, 0.4) is 0 Å². The molecular formula is C26H28O5. The molecule has 0 saturated carbocycles. The zero-order valence-electron chi connectivity index (χ0n) is 17.6. The normalized spacial score (nSPS) is 10.6. The Morgan fingerprint density at radius 2 is 1.19 bits per heavy atom. The van der Waals surface area contributed by atoms with Gasteiger partial charge in [0.25, 0.3) is 0 Å². The van der Waals surface area contributed by atoms with Gasteiger partial charge in [-0.2, -0.15) is 0 Å². The molecule has 0 bridgehead atoms. The van der Waals surface area contributed by atoms with Crippen LogP contribution in [0.5, 0.6) is 0 Å². The van der Waals surface area contributed by atoms with E-state index < -0.39 is 0 Å². The lowest BCUT2D eigenvalue weighted by Gasteiger charge is -2.07. The summed E-state index contributed by atoms with van der Waals surface area (Å²) in [4.78, 5) is 24.0. The van der Waals surface area contributed by atoms with Crippen molar-refractivity contribution in [2.24, 2.45) is 0 Å². The van der Waals surface area contributed by atoms with Gasteiger partial charge in [-0.15, -0.1) is 0 Å². The lowest BCUT2D eigenvalue weighted by molar-refractivity contribution is -0.147. The van der Waals surface area contributed by atoms with E-state index in [9.17, 15) is 9.59 Å². The Morgan fingerprint density at radius 1 is 0.677 bits per heavy atom. The monoisotopic (exact) mass is 420 g/mol. The van der Waals surface area contributed by atoms with Gasteiger partial charge in [-0.05, 0) is 42.9 Å². The first kappa shape index (κ1) is 22.3. The summed E-state index contributed by atoms with van der Waals surface area (Å²) in [6.07, 6.45) is 5.36. The summed E-state index contributed by atoms with van der Waals surface area (Å²) in [5, 5.41) is 0. The fourth-order valence-corrected chi connectivity index (χ4v) is 3.23. The zero-order valence-corrected chi connectivity index (χ0v) is 17.6. The number of hydrogen-bond donors (Lipinski definition) is 0. The molecule has 2 aromatic carbocycles. The van der Waals surface area contributed by atoms with E-state index in [4.69, 9.17) is 13.9 Å². The van der Waals surface area contributed by atoms with Gasteiger partial charge in [0, 0.05) is 18.4 Å². The molecule has 31 heavy (non-hydrogen) atoms. The molecule has 0 atom stereocenters. The maximum Gasteiger partial charge on any atom is 0.306 e. The number of ether oxygens (including phenoxy) is 2. The van der Waals surface area contributed by atoms with Gasteiger partial charge in [0.2, 0.25) is 0 Å². The third kappa shape index (κ3) is 8.13. The van der Waals surface area contributed by atoms with Crippen molar-refractivity contribution >= 4 is 11.9 Å². The Bertz CT molecular complexity index is 855. The van der Waals surface area contributed by atoms with Gasteiger partial charge in [-0.3, -0.25) is 9.59 Å². The molecule has 1 aromatic heterocycles. The van der Waals surface area contributed by atoms with E-state index in [1.54, 1.807) is 6.07 Å². The van der Waals surface area contributed by atoms with Crippen molar-refractivity contribution in [2.45, 2.75) is 51.7 Å². The number of carbonyl (C=O) groups is 2. The summed E-state index contributed by atoms with van der Waals surface area (Å²) in [6, 6.07) is 21.8. The minimum Gasteiger partial charge on any atom is -0.465 e. The SMILES string of the molecule is O=C(CCCc1ccccc1)OCc1ccoc1COC(=O)CCCc1ccccc1. The summed E-state index contributed by atoms with van der Waals surface area (Å²) in [7, 11) is 0. The first-order valence-corrected chi connectivity index (χ1v) is 10.6. The molecule has 5 heteroatoms. The summed E-state index contributed by atoms with van der Waals surface area (Å²) >= 11 is 0. The maximum atomic E-state index is 12.0. The summed E-state index contributed by atoms with van der Waals surface area (Å²) in [6.45, 7) is 0.152. The second-order valence-electron chi connectivity index (χ2n) is 7.37. The second kappa shape index (κ2) is 12.4. The van der Waals surface area contributed by atoms with Crippen LogP contribution >= 0.6 is 0 Å². The fourth-order valence-electron chi connectivity index (χ4n) is 3.23. The van der Waals surface area contributed by atoms with Crippen LogP contribution in [0.1, 0.15) is 48.1 Å². The van der Waals surface area contributed by atoms with E-state index in [0.717, 1.165) is 25.7 Å². The molecule has 0 spiro atoms. The minimum absolute atomic E-state index is 0.0397. The maximum absolute atomic E-state index is 12.0. The third-order valence-corrected chi connectivity index (χ3v) is 4.97. The highest BCUT2D eigenvalue weighted by atomic mass is 16.5. The summed E-state index contributed by atoms with van der Waals surface area (Å²) < 4.78 is 16.1. The van der Waals surface area contributed by atoms with Crippen LogP contribution in [-0.2, 0) is 45.1 Å². The van der Waals surface area contributed by atoms with Crippen molar-refractivity contribution in [3.63, 3.8) is 0 Å². The van der Waals surface area contributed by atoms with Crippen LogP contribution < -0.4 is 0 Å². The molecule has 0 aliphatic rings. The molecule has 0 fully saturated rings. The molecule has 0 radical (unpaired) electrons. The van der Waals surface area contributed by atoms with E-state index in [1.807, 2.05) is 60.7 Å². The summed E-state index contributed by atoms with van der Waals surface area (Å²) in [5.41, 5.74) is 3.13. The summed E-state index contributed by atoms with van der Waals surface area (Å²) in [5.74, 6) is -0.00864. The molecule has 0 saturated heterocycles. The van der Waals surface area contributed by atoms with Gasteiger partial charge in [0.05, 0.1) is 6.26 Å². The number of benzene rings is 2. The van der Waals surface area contributed by atoms with Gasteiger partial charge in [0.1, 0.15) is 19.0 Å². The van der Waals surface area contributed by atoms with E-state index in [2.05, 4.69) is 0 Å². The zero-order chi connectivity index (χ0) is 21.7. The van der Waals surface area contributed by atoms with Gasteiger partial charge >= 0.3 is 11.9 Å². The number of hydrogen-bond acceptors (Lipinski definition) is 5. The van der Waals surface area contributed by atoms with Crippen LogP contribution in [0, 0.1) is 0 Å². The molecule has 5 nitrogen and oxygen atoms in total. The first-order valence-electron chi connectivity index (χ1n) is 10.6. The molecule has 1 heterocycles. The largest absolute Gasteiger partial charge is 0.465 e. The number of esters is 2. The van der Waals surface area contributed by atoms with E-state index in [-0.39, 0.29) is 25.2 Å². The first-order chi connectivity index (χ1) is 15.2. The highest BCUT2D eigenvalue weighted by Crippen LogP contribution is 2.15. The molecule has 0 amide bonds. The van der Waals surface area contributed by atoms with Gasteiger partial charge in [-0.1, -0.05) is 60.7 Å². The lowest BCUT2D eigenvalue weighted by Crippen LogP contribution is -2.08. The van der Waals surface area contributed by atoms with Crippen molar-refractivity contribution < 1.29 is 23.5 Å². The second-order valence-corrected chi connectivity index (χ2v) is 7.37. The van der Waals surface area contributed by atoms with E-state index >= 15 is 0 Å². The number of carbonyl (C=O) groups excluding carboxylic acids is 2. The highest BCUT2D eigenvalue weighted by Gasteiger charge is 2.12. The standard InChI is InChI=1S/C26H28O5/c27-25(15-7-13-21-9-3-1-4-10-21)30-19-23-17-18-29-24(23)20-31-26(28)16-8-14-22-11-5-2-6-12-22/h1-6,9-12,17-18H,7-8,13-16,19-20H2. The Morgan fingerprint density at radius 3 is 1.74 bits per heavy atom. The Kier molecular flexibility index (Phi) is 8.92. The Balaban J connectivity index is 1.32. The molecule has 3 rings (SSSR count). The van der Waals surface area contributed by atoms with Crippen LogP contribution in [0.15, 0.2) is 77.4 Å². The lowest BCUT2D eigenvalue weighted by atomic mass is 10.1. The molecule has 0 aliphatic heterocycles. The average Bonchev–Trinajstić information content (AvgIpc) is 3.25. The van der Waals surface area contributed by atoms with Crippen LogP contribution in [0.4, 0.5) is 0 Å². The quantitative estimate of drug-likeness (QED) is 0.367. The van der Waals surface area contributed by atoms with Gasteiger partial charge in [0.15, 0.2) is 0 Å². The molecule has 0 unspecified atom stereocenters. The topological polar surface area (TPSA) is 65.7 Å². The van der Waals surface area contributed by atoms with Crippen LogP contribution in [0.2, 0.25) is 0 Å². The number of furan rings is 1. The molecular weight excluding hydrogens is 392 g/mol. The van der Waals surface area contributed by atoms with Crippen LogP contribution in [-0.4, -0.2) is 11.9 Å². The fraction of sp³-hybridized carbons (Fsp3) is 0.308. The molecule has 3 aromatic rings.